The third-order valence-corrected chi connectivity index (χ3v) is 6.16. The van der Waals surface area contributed by atoms with Crippen molar-refractivity contribution in [2.24, 2.45) is 5.92 Å². The van der Waals surface area contributed by atoms with Gasteiger partial charge in [-0.05, 0) is 43.7 Å². The third-order valence-electron chi connectivity index (χ3n) is 6.16. The lowest BCUT2D eigenvalue weighted by molar-refractivity contribution is -0.143. The predicted molar refractivity (Wildman–Crippen MR) is 101 cm³/mol. The van der Waals surface area contributed by atoms with Crippen molar-refractivity contribution in [2.75, 3.05) is 19.6 Å². The van der Waals surface area contributed by atoms with E-state index in [4.69, 9.17) is 4.74 Å². The second-order valence-corrected chi connectivity index (χ2v) is 8.11. The Labute approximate surface area is 160 Å². The largest absolute Gasteiger partial charge is 0.487 e. The molecule has 1 aromatic rings. The van der Waals surface area contributed by atoms with Crippen molar-refractivity contribution >= 4 is 11.8 Å². The molecule has 2 atom stereocenters. The quantitative estimate of drug-likeness (QED) is 0.798. The van der Waals surface area contributed by atoms with E-state index in [9.17, 15) is 9.59 Å². The molecule has 3 aliphatic rings. The molecule has 6 heteroatoms. The van der Waals surface area contributed by atoms with Crippen LogP contribution in [0, 0.1) is 5.92 Å². The number of rotatable bonds is 5. The van der Waals surface area contributed by atoms with Crippen LogP contribution in [0.25, 0.3) is 0 Å². The number of hydrogen-bond donors (Lipinski definition) is 0. The highest BCUT2D eigenvalue weighted by molar-refractivity contribution is 5.88. The van der Waals surface area contributed by atoms with Gasteiger partial charge in [-0.25, -0.2) is 0 Å². The fourth-order valence-corrected chi connectivity index (χ4v) is 4.73. The monoisotopic (exact) mass is 371 g/mol. The lowest BCUT2D eigenvalue weighted by atomic mass is 10.0. The highest BCUT2D eigenvalue weighted by atomic mass is 16.5. The Balaban J connectivity index is 1.46. The first-order valence-electron chi connectivity index (χ1n) is 10.4. The number of carbonyl (C=O) groups is 2. The number of likely N-dealkylation sites (tertiary alicyclic amines) is 2. The van der Waals surface area contributed by atoms with Crippen LogP contribution in [0.4, 0.5) is 0 Å². The molecule has 0 aromatic carbocycles. The zero-order valence-electron chi connectivity index (χ0n) is 15.9. The average molecular weight is 371 g/mol. The Bertz CT molecular complexity index is 654. The van der Waals surface area contributed by atoms with Crippen molar-refractivity contribution < 1.29 is 14.3 Å². The van der Waals surface area contributed by atoms with Gasteiger partial charge in [-0.1, -0.05) is 12.8 Å². The molecule has 27 heavy (non-hydrogen) atoms. The first kappa shape index (κ1) is 18.3. The zero-order chi connectivity index (χ0) is 18.6. The van der Waals surface area contributed by atoms with Gasteiger partial charge in [0.2, 0.25) is 11.8 Å². The molecule has 2 saturated heterocycles. The predicted octanol–water partition coefficient (Wildman–Crippen LogP) is 2.63. The van der Waals surface area contributed by atoms with Gasteiger partial charge in [0.1, 0.15) is 17.9 Å². The molecule has 6 nitrogen and oxygen atoms in total. The zero-order valence-corrected chi connectivity index (χ0v) is 15.9. The Morgan fingerprint density at radius 2 is 1.93 bits per heavy atom. The van der Waals surface area contributed by atoms with E-state index < -0.39 is 0 Å². The summed E-state index contributed by atoms with van der Waals surface area (Å²) >= 11 is 0. The molecule has 0 unspecified atom stereocenters. The summed E-state index contributed by atoms with van der Waals surface area (Å²) in [5.74, 6) is 1.40. The Hall–Kier alpha value is -2.11. The van der Waals surface area contributed by atoms with Gasteiger partial charge in [-0.2, -0.15) is 0 Å². The van der Waals surface area contributed by atoms with Gasteiger partial charge in [0.05, 0.1) is 12.7 Å². The molecule has 3 fully saturated rings. The number of nitrogens with zero attached hydrogens (tertiary/aromatic N) is 3. The van der Waals surface area contributed by atoms with E-state index in [1.807, 2.05) is 17.0 Å². The molecule has 0 spiro atoms. The Morgan fingerprint density at radius 3 is 2.63 bits per heavy atom. The second kappa shape index (κ2) is 8.28. The van der Waals surface area contributed by atoms with Gasteiger partial charge >= 0.3 is 0 Å². The molecule has 146 valence electrons. The van der Waals surface area contributed by atoms with E-state index in [1.165, 1.54) is 12.8 Å². The summed E-state index contributed by atoms with van der Waals surface area (Å²) in [4.78, 5) is 33.9. The molecule has 3 heterocycles. The summed E-state index contributed by atoms with van der Waals surface area (Å²) in [5, 5.41) is 0. The lowest BCUT2D eigenvalue weighted by Gasteiger charge is -2.28. The summed E-state index contributed by atoms with van der Waals surface area (Å²) < 4.78 is 6.04. The molecule has 2 amide bonds. The first-order chi connectivity index (χ1) is 13.2. The van der Waals surface area contributed by atoms with Crippen LogP contribution >= 0.6 is 0 Å². The van der Waals surface area contributed by atoms with E-state index in [-0.39, 0.29) is 24.0 Å². The van der Waals surface area contributed by atoms with Crippen molar-refractivity contribution in [2.45, 2.75) is 63.5 Å². The molecule has 0 bridgehead atoms. The highest BCUT2D eigenvalue weighted by Crippen LogP contribution is 2.31. The lowest BCUT2D eigenvalue weighted by Crippen LogP contribution is -2.47. The molecule has 1 aliphatic carbocycles. The molecule has 0 N–H and O–H groups in total. The summed E-state index contributed by atoms with van der Waals surface area (Å²) in [6.07, 6.45) is 11.2. The van der Waals surface area contributed by atoms with Crippen LogP contribution < -0.4 is 4.74 Å². The summed E-state index contributed by atoms with van der Waals surface area (Å²) in [7, 11) is 0. The smallest absolute Gasteiger partial charge is 0.245 e. The maximum absolute atomic E-state index is 13.1. The standard InChI is InChI=1S/C21H29N3O3/c25-20(12-16-6-1-2-7-16)24-15-18(27-17-8-5-9-22-14-17)13-19(24)21(26)23-10-3-4-11-23/h5,8-9,14,16,18-19H,1-4,6-7,10-13,15H2/t18-,19-/m0/s1. The van der Waals surface area contributed by atoms with Crippen LogP contribution in [0.2, 0.25) is 0 Å². The molecule has 0 radical (unpaired) electrons. The SMILES string of the molecule is O=C([C@@H]1C[C@H](Oc2cccnc2)CN1C(=O)CC1CCCC1)N1CCCC1. The minimum atomic E-state index is -0.376. The Morgan fingerprint density at radius 1 is 1.15 bits per heavy atom. The van der Waals surface area contributed by atoms with Gasteiger partial charge in [-0.15, -0.1) is 0 Å². The van der Waals surface area contributed by atoms with E-state index in [0.29, 0.717) is 31.1 Å². The number of carbonyl (C=O) groups excluding carboxylic acids is 2. The first-order valence-corrected chi connectivity index (χ1v) is 10.4. The Kier molecular flexibility index (Phi) is 5.60. The van der Waals surface area contributed by atoms with Crippen LogP contribution in [0.1, 0.15) is 51.4 Å². The number of pyridine rings is 1. The normalized spacial score (nSPS) is 25.9. The highest BCUT2D eigenvalue weighted by Gasteiger charge is 2.43. The average Bonchev–Trinajstić information content (AvgIpc) is 3.44. The number of ether oxygens (including phenoxy) is 1. The van der Waals surface area contributed by atoms with Crippen LogP contribution in [0.5, 0.6) is 5.75 Å². The van der Waals surface area contributed by atoms with Gasteiger partial charge < -0.3 is 14.5 Å². The summed E-state index contributed by atoms with van der Waals surface area (Å²) in [5.41, 5.74) is 0. The van der Waals surface area contributed by atoms with Crippen molar-refractivity contribution in [3.63, 3.8) is 0 Å². The maximum Gasteiger partial charge on any atom is 0.245 e. The van der Waals surface area contributed by atoms with Crippen molar-refractivity contribution in [3.05, 3.63) is 24.5 Å². The molecule has 1 aromatic heterocycles. The van der Waals surface area contributed by atoms with E-state index in [2.05, 4.69) is 4.98 Å². The molecule has 2 aliphatic heterocycles. The number of amides is 2. The fourth-order valence-electron chi connectivity index (χ4n) is 4.73. The molecular formula is C21H29N3O3. The van der Waals surface area contributed by atoms with Gasteiger partial charge in [0, 0.05) is 32.1 Å². The fraction of sp³-hybridized carbons (Fsp3) is 0.667. The van der Waals surface area contributed by atoms with E-state index >= 15 is 0 Å². The number of aromatic nitrogens is 1. The van der Waals surface area contributed by atoms with Crippen LogP contribution in [-0.2, 0) is 9.59 Å². The van der Waals surface area contributed by atoms with Crippen LogP contribution in [0.15, 0.2) is 24.5 Å². The van der Waals surface area contributed by atoms with Crippen LogP contribution in [-0.4, -0.2) is 58.4 Å². The van der Waals surface area contributed by atoms with Crippen molar-refractivity contribution in [3.8, 4) is 5.75 Å². The van der Waals surface area contributed by atoms with Crippen molar-refractivity contribution in [1.29, 1.82) is 0 Å². The maximum atomic E-state index is 13.1. The number of hydrogen-bond acceptors (Lipinski definition) is 4. The minimum absolute atomic E-state index is 0.101. The van der Waals surface area contributed by atoms with E-state index in [0.717, 1.165) is 38.8 Å². The van der Waals surface area contributed by atoms with Crippen LogP contribution in [0.3, 0.4) is 0 Å². The molecule has 1 saturated carbocycles. The van der Waals surface area contributed by atoms with Gasteiger partial charge in [0.15, 0.2) is 0 Å². The third kappa shape index (κ3) is 4.25. The summed E-state index contributed by atoms with van der Waals surface area (Å²) in [6, 6.07) is 3.33. The van der Waals surface area contributed by atoms with Crippen molar-refractivity contribution in [1.82, 2.24) is 14.8 Å². The molecule has 4 rings (SSSR count). The minimum Gasteiger partial charge on any atom is -0.487 e. The molecular weight excluding hydrogens is 342 g/mol. The van der Waals surface area contributed by atoms with Gasteiger partial charge in [-0.3, -0.25) is 14.6 Å². The topological polar surface area (TPSA) is 62.7 Å². The summed E-state index contributed by atoms with van der Waals surface area (Å²) in [6.45, 7) is 2.12. The second-order valence-electron chi connectivity index (χ2n) is 8.11. The van der Waals surface area contributed by atoms with E-state index in [1.54, 1.807) is 17.3 Å². The van der Waals surface area contributed by atoms with Gasteiger partial charge in [0.25, 0.3) is 0 Å².